The van der Waals surface area contributed by atoms with Crippen LogP contribution in [-0.2, 0) is 4.84 Å². The van der Waals surface area contributed by atoms with Gasteiger partial charge in [-0.2, -0.15) is 0 Å². The molecule has 0 saturated heterocycles. The van der Waals surface area contributed by atoms with Gasteiger partial charge in [-0.05, 0) is 34.7 Å². The van der Waals surface area contributed by atoms with Crippen molar-refractivity contribution in [1.29, 1.82) is 0 Å². The molecule has 0 aliphatic carbocycles. The molecule has 0 aliphatic rings. The van der Waals surface area contributed by atoms with Crippen LogP contribution in [-0.4, -0.2) is 45.3 Å². The first-order valence-electron chi connectivity index (χ1n) is 4.88. The summed E-state index contributed by atoms with van der Waals surface area (Å²) in [4.78, 5) is 16.5. The van der Waals surface area contributed by atoms with Gasteiger partial charge in [0.05, 0.1) is 12.8 Å². The smallest absolute Gasteiger partial charge is 0.274 e. The van der Waals surface area contributed by atoms with Crippen LogP contribution < -0.4 is 0 Å². The normalized spacial score (nSPS) is 10.2. The number of aromatic nitrogens is 4. The molecule has 0 fully saturated rings. The Labute approximate surface area is 97.6 Å². The monoisotopic (exact) mass is 233 g/mol. The third-order valence-corrected chi connectivity index (χ3v) is 2.29. The van der Waals surface area contributed by atoms with Crippen LogP contribution in [0.25, 0.3) is 5.69 Å². The minimum Gasteiger partial charge on any atom is -0.274 e. The lowest BCUT2D eigenvalue weighted by atomic mass is 10.2. The maximum Gasteiger partial charge on any atom is 0.277 e. The van der Waals surface area contributed by atoms with Crippen LogP contribution >= 0.6 is 0 Å². The van der Waals surface area contributed by atoms with Gasteiger partial charge in [0.2, 0.25) is 0 Å². The molecule has 0 N–H and O–H groups in total. The average Bonchev–Trinajstić information content (AvgIpc) is 2.91. The van der Waals surface area contributed by atoms with E-state index < -0.39 is 0 Å². The fourth-order valence-electron chi connectivity index (χ4n) is 1.30. The predicted molar refractivity (Wildman–Crippen MR) is 58.3 cm³/mol. The molecule has 0 unspecified atom stereocenters. The van der Waals surface area contributed by atoms with Gasteiger partial charge < -0.3 is 0 Å². The summed E-state index contributed by atoms with van der Waals surface area (Å²) in [6.45, 7) is 0. The van der Waals surface area contributed by atoms with Crippen molar-refractivity contribution in [1.82, 2.24) is 25.3 Å². The number of rotatable bonds is 3. The van der Waals surface area contributed by atoms with Crippen LogP contribution in [0, 0.1) is 0 Å². The lowest BCUT2D eigenvalue weighted by Crippen LogP contribution is -2.25. The van der Waals surface area contributed by atoms with Crippen molar-refractivity contribution in [2.45, 2.75) is 0 Å². The van der Waals surface area contributed by atoms with Crippen molar-refractivity contribution < 1.29 is 9.63 Å². The molecule has 0 spiro atoms. The number of hydroxylamine groups is 2. The number of carbonyl (C=O) groups is 1. The van der Waals surface area contributed by atoms with Crippen LogP contribution in [0.5, 0.6) is 0 Å². The SMILES string of the molecule is CON(C)C(=O)c1ccc(-n2cnnn2)cc1. The second-order valence-corrected chi connectivity index (χ2v) is 3.29. The van der Waals surface area contributed by atoms with Gasteiger partial charge in [-0.25, -0.2) is 9.75 Å². The fraction of sp³-hybridized carbons (Fsp3) is 0.200. The van der Waals surface area contributed by atoms with E-state index in [4.69, 9.17) is 4.84 Å². The highest BCUT2D eigenvalue weighted by Crippen LogP contribution is 2.09. The Hall–Kier alpha value is -2.28. The van der Waals surface area contributed by atoms with Gasteiger partial charge in [0, 0.05) is 12.6 Å². The van der Waals surface area contributed by atoms with Crippen molar-refractivity contribution in [2.75, 3.05) is 14.2 Å². The molecular weight excluding hydrogens is 222 g/mol. The molecule has 88 valence electrons. The van der Waals surface area contributed by atoms with Crippen molar-refractivity contribution >= 4 is 5.91 Å². The highest BCUT2D eigenvalue weighted by Gasteiger charge is 2.10. The zero-order valence-corrected chi connectivity index (χ0v) is 9.44. The molecule has 1 aromatic carbocycles. The standard InChI is InChI=1S/C10H11N5O2/c1-14(17-2)10(16)8-3-5-9(6-4-8)15-7-11-12-13-15/h3-7H,1-2H3. The molecule has 17 heavy (non-hydrogen) atoms. The first-order chi connectivity index (χ1) is 8.22. The molecule has 1 heterocycles. The van der Waals surface area contributed by atoms with Gasteiger partial charge in [-0.1, -0.05) is 0 Å². The Bertz CT molecular complexity index is 494. The molecule has 1 aromatic heterocycles. The van der Waals surface area contributed by atoms with Gasteiger partial charge in [0.1, 0.15) is 6.33 Å². The Morgan fingerprint density at radius 2 is 2.06 bits per heavy atom. The van der Waals surface area contributed by atoms with Crippen molar-refractivity contribution in [2.24, 2.45) is 0 Å². The van der Waals surface area contributed by atoms with Crippen molar-refractivity contribution in [3.8, 4) is 5.69 Å². The number of amides is 1. The van der Waals surface area contributed by atoms with Gasteiger partial charge in [0.15, 0.2) is 0 Å². The van der Waals surface area contributed by atoms with Crippen molar-refractivity contribution in [3.63, 3.8) is 0 Å². The summed E-state index contributed by atoms with van der Waals surface area (Å²) < 4.78 is 1.51. The predicted octanol–water partition coefficient (Wildman–Crippen LogP) is 0.296. The van der Waals surface area contributed by atoms with Crippen LogP contribution in [0.1, 0.15) is 10.4 Å². The summed E-state index contributed by atoms with van der Waals surface area (Å²) in [5, 5.41) is 12.0. The molecule has 2 rings (SSSR count). The molecule has 0 atom stereocenters. The van der Waals surface area contributed by atoms with E-state index in [2.05, 4.69) is 15.5 Å². The first kappa shape index (κ1) is 11.2. The number of tetrazole rings is 1. The lowest BCUT2D eigenvalue weighted by Gasteiger charge is -2.13. The second kappa shape index (κ2) is 4.71. The average molecular weight is 233 g/mol. The van der Waals surface area contributed by atoms with E-state index in [0.717, 1.165) is 10.8 Å². The molecular formula is C10H11N5O2. The topological polar surface area (TPSA) is 73.1 Å². The quantitative estimate of drug-likeness (QED) is 0.713. The zero-order valence-electron chi connectivity index (χ0n) is 9.44. The second-order valence-electron chi connectivity index (χ2n) is 3.29. The minimum atomic E-state index is -0.212. The summed E-state index contributed by atoms with van der Waals surface area (Å²) in [6.07, 6.45) is 1.48. The highest BCUT2D eigenvalue weighted by molar-refractivity contribution is 5.93. The maximum atomic E-state index is 11.7. The van der Waals surface area contributed by atoms with Gasteiger partial charge in [-0.3, -0.25) is 9.63 Å². The molecule has 7 nitrogen and oxygen atoms in total. The van der Waals surface area contributed by atoms with E-state index in [1.54, 1.807) is 31.3 Å². The largest absolute Gasteiger partial charge is 0.277 e. The number of benzene rings is 1. The van der Waals surface area contributed by atoms with Crippen LogP contribution in [0.3, 0.4) is 0 Å². The van der Waals surface area contributed by atoms with E-state index in [-0.39, 0.29) is 5.91 Å². The summed E-state index contributed by atoms with van der Waals surface area (Å²) in [7, 11) is 2.99. The first-order valence-corrected chi connectivity index (χ1v) is 4.88. The molecule has 0 radical (unpaired) electrons. The summed E-state index contributed by atoms with van der Waals surface area (Å²) in [5.74, 6) is -0.212. The number of nitrogens with zero attached hydrogens (tertiary/aromatic N) is 5. The Morgan fingerprint density at radius 3 is 2.59 bits per heavy atom. The number of carbonyl (C=O) groups excluding carboxylic acids is 1. The third-order valence-electron chi connectivity index (χ3n) is 2.29. The molecule has 1 amide bonds. The minimum absolute atomic E-state index is 0.212. The number of hydrogen-bond acceptors (Lipinski definition) is 5. The van der Waals surface area contributed by atoms with E-state index in [0.29, 0.717) is 5.56 Å². The fourth-order valence-corrected chi connectivity index (χ4v) is 1.30. The third kappa shape index (κ3) is 2.28. The molecule has 0 bridgehead atoms. The molecule has 7 heteroatoms. The Balaban J connectivity index is 2.22. The van der Waals surface area contributed by atoms with Gasteiger partial charge >= 0.3 is 0 Å². The van der Waals surface area contributed by atoms with Gasteiger partial charge in [0.25, 0.3) is 5.91 Å². The highest BCUT2D eigenvalue weighted by atomic mass is 16.7. The Morgan fingerprint density at radius 1 is 1.35 bits per heavy atom. The molecule has 0 saturated carbocycles. The summed E-state index contributed by atoms with van der Waals surface area (Å²) >= 11 is 0. The summed E-state index contributed by atoms with van der Waals surface area (Å²) in [6, 6.07) is 6.89. The van der Waals surface area contributed by atoms with E-state index in [1.165, 1.54) is 18.1 Å². The number of hydrogen-bond donors (Lipinski definition) is 0. The zero-order chi connectivity index (χ0) is 12.3. The maximum absolute atomic E-state index is 11.7. The van der Waals surface area contributed by atoms with E-state index in [9.17, 15) is 4.79 Å². The molecule has 2 aromatic rings. The van der Waals surface area contributed by atoms with E-state index in [1.807, 2.05) is 0 Å². The van der Waals surface area contributed by atoms with Crippen molar-refractivity contribution in [3.05, 3.63) is 36.2 Å². The summed E-state index contributed by atoms with van der Waals surface area (Å²) in [5.41, 5.74) is 1.32. The van der Waals surface area contributed by atoms with Crippen LogP contribution in [0.15, 0.2) is 30.6 Å². The van der Waals surface area contributed by atoms with Crippen LogP contribution in [0.2, 0.25) is 0 Å². The lowest BCUT2D eigenvalue weighted by molar-refractivity contribution is -0.0756. The van der Waals surface area contributed by atoms with Crippen LogP contribution in [0.4, 0.5) is 0 Å². The van der Waals surface area contributed by atoms with Gasteiger partial charge in [-0.15, -0.1) is 5.10 Å². The van der Waals surface area contributed by atoms with E-state index >= 15 is 0 Å². The molecule has 0 aliphatic heterocycles. The Kier molecular flexibility index (Phi) is 3.10.